The number of fused-ring (bicyclic) bond motifs is 2. The van der Waals surface area contributed by atoms with Crippen molar-refractivity contribution >= 4 is 16.8 Å². The van der Waals surface area contributed by atoms with Crippen LogP contribution in [0.3, 0.4) is 0 Å². The van der Waals surface area contributed by atoms with Crippen molar-refractivity contribution in [1.82, 2.24) is 33.5 Å². The molecule has 276 valence electrons. The molecule has 5 heterocycles. The van der Waals surface area contributed by atoms with E-state index in [2.05, 4.69) is 55.5 Å². The molecule has 0 unspecified atom stereocenters. The Labute approximate surface area is 308 Å². The highest BCUT2D eigenvalue weighted by Crippen LogP contribution is 2.34. The highest BCUT2D eigenvalue weighted by atomic mass is 19.1. The molecule has 0 atom stereocenters. The molecule has 5 aromatic rings. The molecule has 1 saturated heterocycles. The first kappa shape index (κ1) is 35.3. The number of Topliss-reactive ketones (excluding diaryl/α,β-unsaturated/α-hetero) is 1. The summed E-state index contributed by atoms with van der Waals surface area (Å²) in [7, 11) is 0. The number of carbonyl (C=O) groups is 1. The van der Waals surface area contributed by atoms with Crippen LogP contribution in [0.2, 0.25) is 0 Å². The van der Waals surface area contributed by atoms with Crippen molar-refractivity contribution in [3.63, 3.8) is 0 Å². The zero-order valence-corrected chi connectivity index (χ0v) is 30.6. The largest absolute Gasteiger partial charge is 0.337 e. The van der Waals surface area contributed by atoms with E-state index in [1.54, 1.807) is 0 Å². The maximum atomic E-state index is 14.6. The van der Waals surface area contributed by atoms with Crippen LogP contribution in [-0.2, 0) is 19.5 Å². The molecular formula is C42H48FN7O3. The van der Waals surface area contributed by atoms with Gasteiger partial charge in [-0.1, -0.05) is 43.3 Å². The third-order valence-corrected chi connectivity index (χ3v) is 11.5. The standard InChI is InChI=1S/C42H48FN7O3/c1-2-17-46-19-21-47(22-20-46)27-30-9-13-31(14-10-30)32-6-5-7-35(24-32)49-40-36(25-33(43)26-44-40)41(52)50(42(49)53)34-15-11-29(12-16-34)23-38(51)37-28-48-18-4-3-8-39(48)45-37/h5-7,9-10,13-14,24-26,28-29,34H,2-4,8,11-12,15-23,27H2,1H3. The molecule has 0 radical (unpaired) electrons. The molecule has 53 heavy (non-hydrogen) atoms. The third kappa shape index (κ3) is 7.42. The summed E-state index contributed by atoms with van der Waals surface area (Å²) in [6, 6.07) is 17.0. The lowest BCUT2D eigenvalue weighted by atomic mass is 9.82. The summed E-state index contributed by atoms with van der Waals surface area (Å²) in [4.78, 5) is 55.4. The van der Waals surface area contributed by atoms with Crippen molar-refractivity contribution in [2.24, 2.45) is 5.92 Å². The van der Waals surface area contributed by atoms with Crippen LogP contribution in [0.25, 0.3) is 27.8 Å². The topological polar surface area (TPSA) is 98.3 Å². The fourth-order valence-corrected chi connectivity index (χ4v) is 8.63. The lowest BCUT2D eigenvalue weighted by Gasteiger charge is -2.34. The fourth-order valence-electron chi connectivity index (χ4n) is 8.63. The summed E-state index contributed by atoms with van der Waals surface area (Å²) in [6.07, 6.45) is 10.2. The van der Waals surface area contributed by atoms with Crippen molar-refractivity contribution < 1.29 is 9.18 Å². The number of benzene rings is 2. The van der Waals surface area contributed by atoms with Gasteiger partial charge in [-0.2, -0.15) is 0 Å². The van der Waals surface area contributed by atoms with Gasteiger partial charge < -0.3 is 9.47 Å². The molecular weight excluding hydrogens is 670 g/mol. The van der Waals surface area contributed by atoms with Gasteiger partial charge in [-0.3, -0.25) is 19.1 Å². The Balaban J connectivity index is 1.02. The lowest BCUT2D eigenvalue weighted by Crippen LogP contribution is -2.45. The highest BCUT2D eigenvalue weighted by Gasteiger charge is 2.29. The van der Waals surface area contributed by atoms with Crippen LogP contribution in [0.15, 0.2) is 76.6 Å². The van der Waals surface area contributed by atoms with Gasteiger partial charge in [0.1, 0.15) is 17.3 Å². The maximum absolute atomic E-state index is 14.6. The Morgan fingerprint density at radius 1 is 0.887 bits per heavy atom. The van der Waals surface area contributed by atoms with Gasteiger partial charge in [0, 0.05) is 64.3 Å². The van der Waals surface area contributed by atoms with Crippen LogP contribution in [-0.4, -0.2) is 72.0 Å². The molecule has 1 saturated carbocycles. The van der Waals surface area contributed by atoms with Crippen LogP contribution in [0, 0.1) is 11.7 Å². The van der Waals surface area contributed by atoms with Crippen molar-refractivity contribution in [2.45, 2.75) is 83.8 Å². The fraction of sp³-hybridized carbons (Fsp3) is 0.452. The first-order valence-electron chi connectivity index (χ1n) is 19.4. The summed E-state index contributed by atoms with van der Waals surface area (Å²) in [5.41, 5.74) is 3.40. The minimum atomic E-state index is -0.633. The minimum Gasteiger partial charge on any atom is -0.334 e. The number of halogens is 1. The molecule has 8 rings (SSSR count). The van der Waals surface area contributed by atoms with Crippen molar-refractivity contribution in [3.05, 3.63) is 111 Å². The van der Waals surface area contributed by atoms with Crippen LogP contribution >= 0.6 is 0 Å². The molecule has 2 aliphatic heterocycles. The molecule has 0 bridgehead atoms. The first-order valence-corrected chi connectivity index (χ1v) is 19.4. The maximum Gasteiger partial charge on any atom is 0.337 e. The van der Waals surface area contributed by atoms with Gasteiger partial charge in [0.25, 0.3) is 5.56 Å². The molecule has 0 amide bonds. The number of pyridine rings is 1. The zero-order valence-electron chi connectivity index (χ0n) is 30.6. The molecule has 10 nitrogen and oxygen atoms in total. The van der Waals surface area contributed by atoms with Crippen LogP contribution in [0.5, 0.6) is 0 Å². The Morgan fingerprint density at radius 3 is 2.42 bits per heavy atom. The quantitative estimate of drug-likeness (QED) is 0.154. The average molecular weight is 718 g/mol. The molecule has 1 aliphatic carbocycles. The number of hydrogen-bond acceptors (Lipinski definition) is 7. The summed E-state index contributed by atoms with van der Waals surface area (Å²) < 4.78 is 19.4. The second-order valence-corrected chi connectivity index (χ2v) is 15.2. The van der Waals surface area contributed by atoms with E-state index in [0.29, 0.717) is 43.5 Å². The summed E-state index contributed by atoms with van der Waals surface area (Å²) in [6.45, 7) is 9.58. The molecule has 2 aromatic carbocycles. The number of imidazole rings is 1. The number of rotatable bonds is 10. The molecule has 2 fully saturated rings. The van der Waals surface area contributed by atoms with E-state index in [4.69, 9.17) is 0 Å². The van der Waals surface area contributed by atoms with Crippen molar-refractivity contribution in [2.75, 3.05) is 32.7 Å². The van der Waals surface area contributed by atoms with E-state index in [-0.39, 0.29) is 28.8 Å². The smallest absolute Gasteiger partial charge is 0.334 e. The van der Waals surface area contributed by atoms with Gasteiger partial charge in [0.2, 0.25) is 0 Å². The van der Waals surface area contributed by atoms with E-state index in [9.17, 15) is 18.8 Å². The average Bonchev–Trinajstić information content (AvgIpc) is 3.62. The van der Waals surface area contributed by atoms with E-state index in [1.165, 1.54) is 27.2 Å². The Morgan fingerprint density at radius 2 is 1.66 bits per heavy atom. The monoisotopic (exact) mass is 717 g/mol. The number of hydrogen-bond donors (Lipinski definition) is 0. The number of aromatic nitrogens is 5. The van der Waals surface area contributed by atoms with Crippen molar-refractivity contribution in [3.8, 4) is 16.8 Å². The van der Waals surface area contributed by atoms with E-state index in [1.807, 2.05) is 30.5 Å². The lowest BCUT2D eigenvalue weighted by molar-refractivity contribution is 0.0938. The van der Waals surface area contributed by atoms with E-state index < -0.39 is 17.1 Å². The van der Waals surface area contributed by atoms with Gasteiger partial charge in [-0.25, -0.2) is 23.7 Å². The molecule has 0 spiro atoms. The summed E-state index contributed by atoms with van der Waals surface area (Å²) in [5.74, 6) is 0.560. The number of nitrogens with zero attached hydrogens (tertiary/aromatic N) is 7. The van der Waals surface area contributed by atoms with Gasteiger partial charge in [0.15, 0.2) is 11.4 Å². The van der Waals surface area contributed by atoms with Gasteiger partial charge in [-0.15, -0.1) is 0 Å². The predicted molar refractivity (Wildman–Crippen MR) is 204 cm³/mol. The summed E-state index contributed by atoms with van der Waals surface area (Å²) >= 11 is 0. The Hall–Kier alpha value is -4.74. The number of piperazine rings is 1. The Bertz CT molecular complexity index is 2200. The highest BCUT2D eigenvalue weighted by molar-refractivity contribution is 5.94. The van der Waals surface area contributed by atoms with Gasteiger partial charge in [0.05, 0.1) is 17.3 Å². The Kier molecular flexibility index (Phi) is 10.2. The summed E-state index contributed by atoms with van der Waals surface area (Å²) in [5, 5.41) is 0.0657. The zero-order chi connectivity index (χ0) is 36.5. The third-order valence-electron chi connectivity index (χ3n) is 11.5. The van der Waals surface area contributed by atoms with Crippen LogP contribution < -0.4 is 11.2 Å². The van der Waals surface area contributed by atoms with Gasteiger partial charge >= 0.3 is 5.69 Å². The van der Waals surface area contributed by atoms with Crippen LogP contribution in [0.1, 0.15) is 86.2 Å². The first-order chi connectivity index (χ1) is 25.8. The second kappa shape index (κ2) is 15.3. The number of carbonyl (C=O) groups excluding carboxylic acids is 1. The molecule has 0 N–H and O–H groups in total. The predicted octanol–water partition coefficient (Wildman–Crippen LogP) is 6.42. The number of aryl methyl sites for hydroxylation is 2. The van der Waals surface area contributed by atoms with E-state index in [0.717, 1.165) is 88.2 Å². The normalized spacial score (nSPS) is 19.7. The van der Waals surface area contributed by atoms with Crippen molar-refractivity contribution in [1.29, 1.82) is 0 Å². The number of ketones is 1. The second-order valence-electron chi connectivity index (χ2n) is 15.2. The SMILES string of the molecule is CCCN1CCN(Cc2ccc(-c3cccc(-n4c(=O)n(C5CCC(CC(=O)c6cn7c(n6)CCCC7)CC5)c(=O)c5cc(F)cnc54)c3)cc2)CC1. The molecule has 11 heteroatoms. The van der Waals surface area contributed by atoms with E-state index >= 15 is 0 Å². The van der Waals surface area contributed by atoms with Gasteiger partial charge in [-0.05, 0) is 92.3 Å². The van der Waals surface area contributed by atoms with Crippen LogP contribution in [0.4, 0.5) is 4.39 Å². The molecule has 3 aliphatic rings. The minimum absolute atomic E-state index is 0.0533. The molecule has 3 aromatic heterocycles.